The normalized spacial score (nSPS) is 14.8. The molecule has 0 atom stereocenters. The van der Waals surface area contributed by atoms with Crippen molar-refractivity contribution in [1.82, 2.24) is 0 Å². The third-order valence-electron chi connectivity index (χ3n) is 4.29. The minimum atomic E-state index is -0.222. The van der Waals surface area contributed by atoms with Crippen LogP contribution in [0.5, 0.6) is 17.2 Å². The van der Waals surface area contributed by atoms with Crippen molar-refractivity contribution in [1.29, 1.82) is 0 Å². The SMILES string of the molecule is CCOc1ccc(C=C2N=C(SCC)N(c3ccc(OC)c(Cl)c3)C2=O)cc1OC. The van der Waals surface area contributed by atoms with Gasteiger partial charge in [-0.05, 0) is 54.6 Å². The Labute approximate surface area is 185 Å². The monoisotopic (exact) mass is 446 g/mol. The molecule has 0 saturated heterocycles. The maximum atomic E-state index is 13.2. The van der Waals surface area contributed by atoms with Crippen LogP contribution >= 0.6 is 23.4 Å². The molecular formula is C22H23ClN2O4S. The number of anilines is 1. The number of benzene rings is 2. The summed E-state index contributed by atoms with van der Waals surface area (Å²) in [5.41, 5.74) is 1.76. The fourth-order valence-corrected chi connectivity index (χ4v) is 3.94. The molecule has 0 N–H and O–H groups in total. The quantitative estimate of drug-likeness (QED) is 0.543. The molecule has 0 saturated carbocycles. The lowest BCUT2D eigenvalue weighted by atomic mass is 10.1. The first-order valence-corrected chi connectivity index (χ1v) is 10.8. The van der Waals surface area contributed by atoms with Gasteiger partial charge in [0.05, 0.1) is 31.5 Å². The predicted molar refractivity (Wildman–Crippen MR) is 123 cm³/mol. The minimum absolute atomic E-state index is 0.222. The van der Waals surface area contributed by atoms with Crippen molar-refractivity contribution in [2.45, 2.75) is 13.8 Å². The molecule has 0 spiro atoms. The minimum Gasteiger partial charge on any atom is -0.495 e. The number of ether oxygens (including phenoxy) is 3. The second kappa shape index (κ2) is 9.91. The second-order valence-corrected chi connectivity index (χ2v) is 7.80. The summed E-state index contributed by atoms with van der Waals surface area (Å²) >= 11 is 7.76. The summed E-state index contributed by atoms with van der Waals surface area (Å²) in [6.45, 7) is 4.46. The first-order chi connectivity index (χ1) is 14.5. The van der Waals surface area contributed by atoms with Crippen molar-refractivity contribution in [2.24, 2.45) is 4.99 Å². The number of carbonyl (C=O) groups excluding carboxylic acids is 1. The largest absolute Gasteiger partial charge is 0.495 e. The van der Waals surface area contributed by atoms with Gasteiger partial charge in [0.15, 0.2) is 16.7 Å². The molecule has 30 heavy (non-hydrogen) atoms. The average Bonchev–Trinajstić information content (AvgIpc) is 3.04. The number of methoxy groups -OCH3 is 2. The molecule has 0 radical (unpaired) electrons. The van der Waals surface area contributed by atoms with Crippen LogP contribution in [0.2, 0.25) is 5.02 Å². The average molecular weight is 447 g/mol. The Kier molecular flexibility index (Phi) is 7.29. The van der Waals surface area contributed by atoms with Gasteiger partial charge >= 0.3 is 0 Å². The van der Waals surface area contributed by atoms with Crippen LogP contribution in [0.1, 0.15) is 19.4 Å². The Morgan fingerprint density at radius 3 is 2.43 bits per heavy atom. The van der Waals surface area contributed by atoms with Crippen LogP contribution in [-0.2, 0) is 4.79 Å². The number of aliphatic imine (C=N–C) groups is 1. The maximum Gasteiger partial charge on any atom is 0.283 e. The first-order valence-electron chi connectivity index (χ1n) is 9.44. The van der Waals surface area contributed by atoms with Gasteiger partial charge < -0.3 is 14.2 Å². The van der Waals surface area contributed by atoms with Crippen molar-refractivity contribution < 1.29 is 19.0 Å². The highest BCUT2D eigenvalue weighted by atomic mass is 35.5. The van der Waals surface area contributed by atoms with Crippen LogP contribution in [0, 0.1) is 0 Å². The molecule has 8 heteroatoms. The van der Waals surface area contributed by atoms with Gasteiger partial charge in [-0.25, -0.2) is 4.99 Å². The zero-order chi connectivity index (χ0) is 21.7. The zero-order valence-corrected chi connectivity index (χ0v) is 18.8. The number of amides is 1. The molecular weight excluding hydrogens is 424 g/mol. The Hall–Kier alpha value is -2.64. The van der Waals surface area contributed by atoms with E-state index in [0.717, 1.165) is 11.3 Å². The maximum absolute atomic E-state index is 13.2. The van der Waals surface area contributed by atoms with Crippen molar-refractivity contribution >= 4 is 46.2 Å². The Balaban J connectivity index is 1.97. The van der Waals surface area contributed by atoms with Gasteiger partial charge in [0.2, 0.25) is 0 Å². The lowest BCUT2D eigenvalue weighted by Crippen LogP contribution is -2.30. The van der Waals surface area contributed by atoms with Crippen LogP contribution in [-0.4, -0.2) is 37.7 Å². The Bertz CT molecular complexity index is 1010. The number of hydrogen-bond acceptors (Lipinski definition) is 6. The number of carbonyl (C=O) groups is 1. The Morgan fingerprint density at radius 1 is 1.07 bits per heavy atom. The van der Waals surface area contributed by atoms with Gasteiger partial charge in [0.1, 0.15) is 11.4 Å². The molecule has 158 valence electrons. The highest BCUT2D eigenvalue weighted by Crippen LogP contribution is 2.35. The number of amidine groups is 1. The number of rotatable bonds is 7. The van der Waals surface area contributed by atoms with Gasteiger partial charge in [-0.3, -0.25) is 9.69 Å². The molecule has 0 aliphatic carbocycles. The van der Waals surface area contributed by atoms with E-state index >= 15 is 0 Å². The van der Waals surface area contributed by atoms with E-state index in [-0.39, 0.29) is 5.91 Å². The summed E-state index contributed by atoms with van der Waals surface area (Å²) in [5, 5.41) is 1.03. The molecule has 1 amide bonds. The lowest BCUT2D eigenvalue weighted by Gasteiger charge is -2.18. The van der Waals surface area contributed by atoms with Crippen LogP contribution < -0.4 is 19.1 Å². The number of hydrogen-bond donors (Lipinski definition) is 0. The van der Waals surface area contributed by atoms with Crippen LogP contribution in [0.4, 0.5) is 5.69 Å². The first kappa shape index (κ1) is 22.1. The molecule has 0 bridgehead atoms. The number of thioether (sulfide) groups is 1. The third-order valence-corrected chi connectivity index (χ3v) is 5.40. The predicted octanol–water partition coefficient (Wildman–Crippen LogP) is 5.25. The summed E-state index contributed by atoms with van der Waals surface area (Å²) < 4.78 is 16.2. The van der Waals surface area contributed by atoms with E-state index in [2.05, 4.69) is 4.99 Å². The van der Waals surface area contributed by atoms with Crippen molar-refractivity contribution in [2.75, 3.05) is 31.5 Å². The molecule has 6 nitrogen and oxygen atoms in total. The zero-order valence-electron chi connectivity index (χ0n) is 17.3. The van der Waals surface area contributed by atoms with Crippen LogP contribution in [0.25, 0.3) is 6.08 Å². The van der Waals surface area contributed by atoms with E-state index in [1.165, 1.54) is 11.8 Å². The van der Waals surface area contributed by atoms with E-state index in [1.807, 2.05) is 32.0 Å². The van der Waals surface area contributed by atoms with Crippen molar-refractivity contribution in [3.63, 3.8) is 0 Å². The molecule has 2 aromatic rings. The van der Waals surface area contributed by atoms with Crippen molar-refractivity contribution in [3.05, 3.63) is 52.7 Å². The van der Waals surface area contributed by atoms with Gasteiger partial charge in [0, 0.05) is 0 Å². The molecule has 0 unspecified atom stereocenters. The second-order valence-electron chi connectivity index (χ2n) is 6.16. The van der Waals surface area contributed by atoms with Gasteiger partial charge in [0.25, 0.3) is 5.91 Å². The summed E-state index contributed by atoms with van der Waals surface area (Å²) in [5.74, 6) is 2.35. The van der Waals surface area contributed by atoms with E-state index < -0.39 is 0 Å². The Morgan fingerprint density at radius 2 is 1.80 bits per heavy atom. The number of halogens is 1. The molecule has 0 fully saturated rings. The molecule has 1 aliphatic rings. The van der Waals surface area contributed by atoms with E-state index in [0.29, 0.717) is 45.4 Å². The topological polar surface area (TPSA) is 60.4 Å². The molecule has 3 rings (SSSR count). The van der Waals surface area contributed by atoms with Crippen LogP contribution in [0.3, 0.4) is 0 Å². The smallest absolute Gasteiger partial charge is 0.283 e. The number of nitrogens with zero attached hydrogens (tertiary/aromatic N) is 2. The molecule has 2 aromatic carbocycles. The molecule has 1 heterocycles. The summed E-state index contributed by atoms with van der Waals surface area (Å²) in [6.07, 6.45) is 1.74. The van der Waals surface area contributed by atoms with E-state index in [4.69, 9.17) is 25.8 Å². The summed E-state index contributed by atoms with van der Waals surface area (Å²) in [4.78, 5) is 19.3. The third kappa shape index (κ3) is 4.57. The van der Waals surface area contributed by atoms with E-state index in [1.54, 1.807) is 43.4 Å². The lowest BCUT2D eigenvalue weighted by molar-refractivity contribution is -0.113. The molecule has 1 aliphatic heterocycles. The fraction of sp³-hybridized carbons (Fsp3) is 0.273. The van der Waals surface area contributed by atoms with Gasteiger partial charge in [-0.15, -0.1) is 0 Å². The van der Waals surface area contributed by atoms with Gasteiger partial charge in [-0.1, -0.05) is 36.4 Å². The van der Waals surface area contributed by atoms with Gasteiger partial charge in [-0.2, -0.15) is 0 Å². The van der Waals surface area contributed by atoms with Crippen molar-refractivity contribution in [3.8, 4) is 17.2 Å². The summed E-state index contributed by atoms with van der Waals surface area (Å²) in [7, 11) is 3.13. The van der Waals surface area contributed by atoms with E-state index in [9.17, 15) is 4.79 Å². The highest BCUT2D eigenvalue weighted by molar-refractivity contribution is 8.14. The molecule has 0 aromatic heterocycles. The fourth-order valence-electron chi connectivity index (χ4n) is 2.95. The van der Waals surface area contributed by atoms with Crippen LogP contribution in [0.15, 0.2) is 47.1 Å². The standard InChI is InChI=1S/C22H23ClN2O4S/c1-5-29-19-9-7-14(12-20(19)28-4)11-17-21(26)25(22(24-17)30-6-2)15-8-10-18(27-3)16(23)13-15/h7-13H,5-6H2,1-4H3. The highest BCUT2D eigenvalue weighted by Gasteiger charge is 2.32. The summed E-state index contributed by atoms with van der Waals surface area (Å²) in [6, 6.07) is 10.7.